The fourth-order valence-electron chi connectivity index (χ4n) is 2.22. The summed E-state index contributed by atoms with van der Waals surface area (Å²) in [6.07, 6.45) is 5.32. The maximum Gasteiger partial charge on any atom is 0.244 e. The number of hydrogen-bond acceptors (Lipinski definition) is 4. The Labute approximate surface area is 108 Å². The van der Waals surface area contributed by atoms with Gasteiger partial charge in [-0.05, 0) is 32.4 Å². The fourth-order valence-corrected chi connectivity index (χ4v) is 2.22. The second-order valence-corrected chi connectivity index (χ2v) is 5.10. The molecular formula is C13H20N4O. The smallest absolute Gasteiger partial charge is 0.244 e. The molecule has 0 saturated carbocycles. The van der Waals surface area contributed by atoms with E-state index in [-0.39, 0.29) is 5.91 Å². The fraction of sp³-hybridized carbons (Fsp3) is 0.538. The van der Waals surface area contributed by atoms with Crippen molar-refractivity contribution in [1.82, 2.24) is 10.3 Å². The summed E-state index contributed by atoms with van der Waals surface area (Å²) in [5.41, 5.74) is 1.25. The SMILES string of the molecule is CN(C)c1ccncc1NC(=O)C1(C)CCCN1. The first kappa shape index (κ1) is 12.8. The van der Waals surface area contributed by atoms with E-state index in [4.69, 9.17) is 0 Å². The number of nitrogens with one attached hydrogen (secondary N) is 2. The summed E-state index contributed by atoms with van der Waals surface area (Å²) in [5.74, 6) is 0.0103. The van der Waals surface area contributed by atoms with Crippen LogP contribution < -0.4 is 15.5 Å². The van der Waals surface area contributed by atoms with Gasteiger partial charge in [0.25, 0.3) is 0 Å². The molecule has 5 nitrogen and oxygen atoms in total. The van der Waals surface area contributed by atoms with E-state index in [0.29, 0.717) is 0 Å². The van der Waals surface area contributed by atoms with E-state index < -0.39 is 5.54 Å². The first-order valence-corrected chi connectivity index (χ1v) is 6.21. The Morgan fingerprint density at radius 2 is 2.33 bits per heavy atom. The first-order chi connectivity index (χ1) is 8.53. The van der Waals surface area contributed by atoms with Gasteiger partial charge in [0.15, 0.2) is 0 Å². The van der Waals surface area contributed by atoms with E-state index in [1.165, 1.54) is 0 Å². The highest BCUT2D eigenvalue weighted by Crippen LogP contribution is 2.25. The van der Waals surface area contributed by atoms with Crippen LogP contribution in [0.4, 0.5) is 11.4 Å². The van der Waals surface area contributed by atoms with Crippen LogP contribution in [-0.2, 0) is 4.79 Å². The third-order valence-electron chi connectivity index (χ3n) is 3.40. The van der Waals surface area contributed by atoms with Crippen molar-refractivity contribution in [3.05, 3.63) is 18.5 Å². The molecule has 1 saturated heterocycles. The lowest BCUT2D eigenvalue weighted by Crippen LogP contribution is -2.48. The van der Waals surface area contributed by atoms with E-state index in [2.05, 4.69) is 15.6 Å². The van der Waals surface area contributed by atoms with Crippen LogP contribution >= 0.6 is 0 Å². The second kappa shape index (κ2) is 4.94. The number of rotatable bonds is 3. The summed E-state index contributed by atoms with van der Waals surface area (Å²) in [6, 6.07) is 1.89. The van der Waals surface area contributed by atoms with Gasteiger partial charge in [-0.3, -0.25) is 9.78 Å². The number of carbonyl (C=O) groups is 1. The molecule has 18 heavy (non-hydrogen) atoms. The number of hydrogen-bond donors (Lipinski definition) is 2. The topological polar surface area (TPSA) is 57.3 Å². The predicted octanol–water partition coefficient (Wildman–Crippen LogP) is 1.23. The van der Waals surface area contributed by atoms with Crippen molar-refractivity contribution in [2.45, 2.75) is 25.3 Å². The molecular weight excluding hydrogens is 228 g/mol. The van der Waals surface area contributed by atoms with Crippen molar-refractivity contribution in [2.75, 3.05) is 30.9 Å². The van der Waals surface area contributed by atoms with Gasteiger partial charge in [-0.15, -0.1) is 0 Å². The lowest BCUT2D eigenvalue weighted by Gasteiger charge is -2.25. The van der Waals surface area contributed by atoms with E-state index in [1.54, 1.807) is 12.4 Å². The molecule has 1 aromatic rings. The Bertz CT molecular complexity index is 438. The van der Waals surface area contributed by atoms with Gasteiger partial charge in [0, 0.05) is 20.3 Å². The largest absolute Gasteiger partial charge is 0.376 e. The average molecular weight is 248 g/mol. The molecule has 0 aliphatic carbocycles. The maximum atomic E-state index is 12.3. The molecule has 1 fully saturated rings. The van der Waals surface area contributed by atoms with Gasteiger partial charge in [-0.25, -0.2) is 0 Å². The van der Waals surface area contributed by atoms with Gasteiger partial charge in [0.05, 0.1) is 23.1 Å². The molecule has 1 aromatic heterocycles. The lowest BCUT2D eigenvalue weighted by molar-refractivity contribution is -0.121. The Hall–Kier alpha value is -1.62. The minimum absolute atomic E-state index is 0.0103. The van der Waals surface area contributed by atoms with E-state index in [0.717, 1.165) is 30.8 Å². The zero-order valence-corrected chi connectivity index (χ0v) is 11.2. The van der Waals surface area contributed by atoms with Crippen LogP contribution in [0.25, 0.3) is 0 Å². The Morgan fingerprint density at radius 1 is 1.56 bits per heavy atom. The van der Waals surface area contributed by atoms with Crippen molar-refractivity contribution in [3.63, 3.8) is 0 Å². The third-order valence-corrected chi connectivity index (χ3v) is 3.40. The van der Waals surface area contributed by atoms with E-state index in [1.807, 2.05) is 32.0 Å². The zero-order chi connectivity index (χ0) is 13.2. The number of nitrogens with zero attached hydrogens (tertiary/aromatic N) is 2. The van der Waals surface area contributed by atoms with Gasteiger partial charge in [0.2, 0.25) is 5.91 Å². The predicted molar refractivity (Wildman–Crippen MR) is 72.8 cm³/mol. The Morgan fingerprint density at radius 3 is 2.94 bits per heavy atom. The van der Waals surface area contributed by atoms with Crippen molar-refractivity contribution in [2.24, 2.45) is 0 Å². The molecule has 1 unspecified atom stereocenters. The van der Waals surface area contributed by atoms with E-state index in [9.17, 15) is 4.79 Å². The molecule has 98 valence electrons. The molecule has 0 spiro atoms. The van der Waals surface area contributed by atoms with Crippen LogP contribution in [0, 0.1) is 0 Å². The average Bonchev–Trinajstić information content (AvgIpc) is 2.78. The van der Waals surface area contributed by atoms with Crippen LogP contribution in [0.15, 0.2) is 18.5 Å². The molecule has 2 heterocycles. The summed E-state index contributed by atoms with van der Waals surface area (Å²) in [6.45, 7) is 2.85. The molecule has 1 atom stereocenters. The van der Waals surface area contributed by atoms with Crippen molar-refractivity contribution < 1.29 is 4.79 Å². The van der Waals surface area contributed by atoms with Gasteiger partial charge in [-0.2, -0.15) is 0 Å². The molecule has 1 amide bonds. The van der Waals surface area contributed by atoms with Crippen LogP contribution in [0.5, 0.6) is 0 Å². The number of carbonyl (C=O) groups excluding carboxylic acids is 1. The number of aromatic nitrogens is 1. The quantitative estimate of drug-likeness (QED) is 0.844. The van der Waals surface area contributed by atoms with Gasteiger partial charge in [-0.1, -0.05) is 0 Å². The lowest BCUT2D eigenvalue weighted by atomic mass is 9.99. The molecule has 2 N–H and O–H groups in total. The second-order valence-electron chi connectivity index (χ2n) is 5.10. The molecule has 0 bridgehead atoms. The van der Waals surface area contributed by atoms with Gasteiger partial charge < -0.3 is 15.5 Å². The summed E-state index contributed by atoms with van der Waals surface area (Å²) in [4.78, 5) is 18.3. The summed E-state index contributed by atoms with van der Waals surface area (Å²) in [7, 11) is 3.89. The molecule has 0 radical (unpaired) electrons. The Balaban J connectivity index is 2.16. The molecule has 2 rings (SSSR count). The summed E-state index contributed by atoms with van der Waals surface area (Å²) in [5, 5.41) is 6.22. The van der Waals surface area contributed by atoms with Crippen molar-refractivity contribution >= 4 is 17.3 Å². The number of amides is 1. The van der Waals surface area contributed by atoms with Crippen LogP contribution in [0.3, 0.4) is 0 Å². The standard InChI is InChI=1S/C13H20N4O/c1-13(6-4-7-15-13)12(18)16-10-9-14-8-5-11(10)17(2)3/h5,8-9,15H,4,6-7H2,1-3H3,(H,16,18). The van der Waals surface area contributed by atoms with Gasteiger partial charge in [0.1, 0.15) is 0 Å². The van der Waals surface area contributed by atoms with Crippen LogP contribution in [0.2, 0.25) is 0 Å². The van der Waals surface area contributed by atoms with Crippen LogP contribution in [-0.4, -0.2) is 37.1 Å². The van der Waals surface area contributed by atoms with Crippen molar-refractivity contribution in [3.8, 4) is 0 Å². The maximum absolute atomic E-state index is 12.3. The monoisotopic (exact) mass is 248 g/mol. The van der Waals surface area contributed by atoms with Crippen LogP contribution in [0.1, 0.15) is 19.8 Å². The van der Waals surface area contributed by atoms with E-state index >= 15 is 0 Å². The molecule has 0 aromatic carbocycles. The minimum Gasteiger partial charge on any atom is -0.376 e. The highest BCUT2D eigenvalue weighted by molar-refractivity contribution is 6.00. The minimum atomic E-state index is -0.459. The highest BCUT2D eigenvalue weighted by Gasteiger charge is 2.36. The van der Waals surface area contributed by atoms with Gasteiger partial charge >= 0.3 is 0 Å². The number of pyridine rings is 1. The zero-order valence-electron chi connectivity index (χ0n) is 11.2. The normalized spacial score (nSPS) is 22.8. The molecule has 1 aliphatic heterocycles. The summed E-state index contributed by atoms with van der Waals surface area (Å²) < 4.78 is 0. The van der Waals surface area contributed by atoms with Crippen molar-refractivity contribution in [1.29, 1.82) is 0 Å². The Kier molecular flexibility index (Phi) is 3.52. The highest BCUT2D eigenvalue weighted by atomic mass is 16.2. The first-order valence-electron chi connectivity index (χ1n) is 6.21. The third kappa shape index (κ3) is 2.46. The molecule has 5 heteroatoms. The molecule has 1 aliphatic rings. The number of anilines is 2. The summed E-state index contributed by atoms with van der Waals surface area (Å²) >= 11 is 0.